The fourth-order valence-corrected chi connectivity index (χ4v) is 7.29. The van der Waals surface area contributed by atoms with Gasteiger partial charge in [0.15, 0.2) is 0 Å². The molecule has 6 aliphatic rings. The summed E-state index contributed by atoms with van der Waals surface area (Å²) < 4.78 is 0.798. The largest absolute Gasteiger partial charge is 0.550 e. The second kappa shape index (κ2) is 14.2. The molecule has 0 spiro atoms. The molecule has 8 bridgehead atoms. The summed E-state index contributed by atoms with van der Waals surface area (Å²) in [5.41, 5.74) is 14.5. The summed E-state index contributed by atoms with van der Waals surface area (Å²) in [7, 11) is 6.37. The van der Waals surface area contributed by atoms with Crippen molar-refractivity contribution in [2.75, 3.05) is 34.2 Å². The van der Waals surface area contributed by atoms with Crippen molar-refractivity contribution in [3.8, 4) is 0 Å². The molecule has 1 aliphatic carbocycles. The van der Waals surface area contributed by atoms with Crippen LogP contribution in [-0.4, -0.2) is 72.8 Å². The Kier molecular flexibility index (Phi) is 10.3. The second-order valence-electron chi connectivity index (χ2n) is 14.6. The third kappa shape index (κ3) is 7.21. The minimum atomic E-state index is -1.08. The third-order valence-corrected chi connectivity index (χ3v) is 10.1. The summed E-state index contributed by atoms with van der Waals surface area (Å²) in [6.07, 6.45) is 10.5. The number of aliphatic carboxylic acids is 1. The Morgan fingerprint density at radius 2 is 1.72 bits per heavy atom. The van der Waals surface area contributed by atoms with E-state index in [1.807, 2.05) is 13.0 Å². The smallest absolute Gasteiger partial charge is 0.220 e. The number of carboxylic acids is 1. The summed E-state index contributed by atoms with van der Waals surface area (Å²) in [4.78, 5) is 37.2. The molecule has 50 heavy (non-hydrogen) atoms. The van der Waals surface area contributed by atoms with Crippen molar-refractivity contribution in [2.45, 2.75) is 67.2 Å². The average Bonchev–Trinajstić information content (AvgIpc) is 3.77. The van der Waals surface area contributed by atoms with E-state index in [-0.39, 0.29) is 17.7 Å². The molecule has 0 unspecified atom stereocenters. The van der Waals surface area contributed by atoms with Gasteiger partial charge in [-0.2, -0.15) is 0 Å². The molecule has 2 atom stereocenters. The van der Waals surface area contributed by atoms with Gasteiger partial charge in [-0.25, -0.2) is 15.0 Å². The van der Waals surface area contributed by atoms with Crippen LogP contribution in [0.15, 0.2) is 119 Å². The summed E-state index contributed by atoms with van der Waals surface area (Å²) in [6.45, 7) is 17.2. The number of quaternary nitrogens is 1. The van der Waals surface area contributed by atoms with Gasteiger partial charge < -0.3 is 30.1 Å². The topological polar surface area (TPSA) is 139 Å². The Balaban J connectivity index is 0.00000115. The molecule has 5 heterocycles. The van der Waals surface area contributed by atoms with Gasteiger partial charge in [-0.3, -0.25) is 4.79 Å². The molecule has 6 rings (SSSR count). The lowest BCUT2D eigenvalue weighted by atomic mass is 9.86. The van der Waals surface area contributed by atoms with Gasteiger partial charge >= 0.3 is 0 Å². The number of likely N-dealkylation sites (N-methyl/N-ethyl adjacent to an activating group) is 1. The SMILES string of the molecule is C=CC1=C(C)C2=NC1=CC1=NC(=CC3=C(C)C4=C(O)CC(=C5NC(=C2)[C@@H](C)[C@@H]5CCC(=O)NCC[N+](C)(C)C)C4=N3)C(CC)=C1C.CC(=O)[O-]. The molecule has 0 saturated carbocycles. The minimum Gasteiger partial charge on any atom is -0.550 e. The predicted molar refractivity (Wildman–Crippen MR) is 198 cm³/mol. The van der Waals surface area contributed by atoms with Crippen LogP contribution in [0.1, 0.15) is 67.2 Å². The van der Waals surface area contributed by atoms with Gasteiger partial charge in [0.2, 0.25) is 5.91 Å². The van der Waals surface area contributed by atoms with Crippen molar-refractivity contribution in [1.29, 1.82) is 0 Å². The number of nitrogens with one attached hydrogen (secondary N) is 2. The molecule has 10 heteroatoms. The molecule has 1 fully saturated rings. The van der Waals surface area contributed by atoms with E-state index in [1.165, 1.54) is 5.57 Å². The van der Waals surface area contributed by atoms with E-state index in [2.05, 4.69) is 84.3 Å². The number of aliphatic hydroxyl groups excluding tert-OH is 1. The summed E-state index contributed by atoms with van der Waals surface area (Å²) in [5.74, 6) is -0.515. The number of aliphatic imine (C=N–C) groups is 3. The molecule has 264 valence electrons. The number of fused-ring (bicyclic) bond motifs is 5. The number of carbonyl (C=O) groups is 2. The van der Waals surface area contributed by atoms with Gasteiger partial charge in [0.05, 0.1) is 68.5 Å². The number of hydrogen-bond donors (Lipinski definition) is 3. The van der Waals surface area contributed by atoms with Crippen LogP contribution < -0.4 is 15.7 Å². The minimum absolute atomic E-state index is 0.0534. The quantitative estimate of drug-likeness (QED) is 0.303. The van der Waals surface area contributed by atoms with Crippen LogP contribution in [0, 0.1) is 11.8 Å². The van der Waals surface area contributed by atoms with E-state index in [9.17, 15) is 9.90 Å². The van der Waals surface area contributed by atoms with Crippen LogP contribution in [-0.2, 0) is 9.59 Å². The molecule has 3 N–H and O–H groups in total. The Bertz CT molecular complexity index is 1910. The van der Waals surface area contributed by atoms with E-state index >= 15 is 0 Å². The van der Waals surface area contributed by atoms with Crippen LogP contribution in [0.2, 0.25) is 0 Å². The molecule has 10 nitrogen and oxygen atoms in total. The molecule has 1 amide bonds. The van der Waals surface area contributed by atoms with Crippen LogP contribution in [0.4, 0.5) is 0 Å². The Labute approximate surface area is 295 Å². The number of nitrogens with zero attached hydrogens (tertiary/aromatic N) is 4. The van der Waals surface area contributed by atoms with Crippen molar-refractivity contribution in [3.63, 3.8) is 0 Å². The van der Waals surface area contributed by atoms with Gasteiger partial charge in [-0.05, 0) is 81.1 Å². The van der Waals surface area contributed by atoms with E-state index in [0.717, 1.165) is 103 Å². The number of hydrogen-bond acceptors (Lipinski definition) is 8. The number of rotatable bonds is 8. The van der Waals surface area contributed by atoms with E-state index in [1.54, 1.807) is 0 Å². The number of aliphatic hydroxyl groups is 1. The van der Waals surface area contributed by atoms with E-state index in [0.29, 0.717) is 31.6 Å². The zero-order valence-electron chi connectivity index (χ0n) is 30.9. The monoisotopic (exact) mass is 678 g/mol. The van der Waals surface area contributed by atoms with E-state index < -0.39 is 5.97 Å². The Morgan fingerprint density at radius 3 is 2.36 bits per heavy atom. The molecule has 1 saturated heterocycles. The fourth-order valence-electron chi connectivity index (χ4n) is 7.29. The summed E-state index contributed by atoms with van der Waals surface area (Å²) in [5, 5.41) is 27.1. The molecule has 0 aromatic heterocycles. The van der Waals surface area contributed by atoms with Gasteiger partial charge in [0, 0.05) is 58.8 Å². The predicted octanol–water partition coefficient (Wildman–Crippen LogP) is 5.20. The van der Waals surface area contributed by atoms with Crippen LogP contribution >= 0.6 is 0 Å². The maximum atomic E-state index is 13.0. The van der Waals surface area contributed by atoms with Crippen LogP contribution in [0.5, 0.6) is 0 Å². The lowest BCUT2D eigenvalue weighted by Gasteiger charge is -2.24. The normalized spacial score (nSPS) is 22.5. The first-order chi connectivity index (χ1) is 23.5. The molecule has 0 aromatic carbocycles. The first kappa shape index (κ1) is 36.5. The maximum absolute atomic E-state index is 13.0. The highest BCUT2D eigenvalue weighted by atomic mass is 16.4. The van der Waals surface area contributed by atoms with Crippen LogP contribution in [0.3, 0.4) is 0 Å². The molecular weight excluding hydrogens is 628 g/mol. The van der Waals surface area contributed by atoms with Crippen LogP contribution in [0.25, 0.3) is 0 Å². The zero-order valence-corrected chi connectivity index (χ0v) is 30.9. The second-order valence-corrected chi connectivity index (χ2v) is 14.6. The first-order valence-corrected chi connectivity index (χ1v) is 17.4. The number of amides is 1. The first-order valence-electron chi connectivity index (χ1n) is 17.4. The zero-order chi connectivity index (χ0) is 36.7. The lowest BCUT2D eigenvalue weighted by molar-refractivity contribution is -0.869. The Morgan fingerprint density at radius 1 is 1.06 bits per heavy atom. The number of allylic oxidation sites excluding steroid dienone is 12. The van der Waals surface area contributed by atoms with E-state index in [4.69, 9.17) is 24.9 Å². The number of carboxylic acid groups (broad SMARTS) is 1. The van der Waals surface area contributed by atoms with Crippen molar-refractivity contribution >= 4 is 29.0 Å². The highest BCUT2D eigenvalue weighted by molar-refractivity contribution is 6.21. The van der Waals surface area contributed by atoms with Crippen molar-refractivity contribution in [3.05, 3.63) is 104 Å². The number of carbonyl (C=O) groups excluding carboxylic acids is 2. The lowest BCUT2D eigenvalue weighted by Crippen LogP contribution is -2.41. The third-order valence-electron chi connectivity index (χ3n) is 10.1. The molecule has 0 aromatic rings. The fraction of sp³-hybridized carbons (Fsp3) is 0.425. The Hall–Kier alpha value is -4.83. The summed E-state index contributed by atoms with van der Waals surface area (Å²) >= 11 is 0. The average molecular weight is 679 g/mol. The highest BCUT2D eigenvalue weighted by Gasteiger charge is 2.41. The highest BCUT2D eigenvalue weighted by Crippen LogP contribution is 2.46. The summed E-state index contributed by atoms with van der Waals surface area (Å²) in [6, 6.07) is 0. The molecular formula is C40H50N6O4. The van der Waals surface area contributed by atoms with Gasteiger partial charge in [0.1, 0.15) is 5.76 Å². The van der Waals surface area contributed by atoms with Gasteiger partial charge in [-0.1, -0.05) is 26.5 Å². The maximum Gasteiger partial charge on any atom is 0.220 e. The van der Waals surface area contributed by atoms with Crippen molar-refractivity contribution in [1.82, 2.24) is 10.6 Å². The van der Waals surface area contributed by atoms with Gasteiger partial charge in [-0.15, -0.1) is 0 Å². The molecule has 5 aliphatic heterocycles. The van der Waals surface area contributed by atoms with Crippen molar-refractivity contribution in [2.24, 2.45) is 26.8 Å². The van der Waals surface area contributed by atoms with Gasteiger partial charge in [0.25, 0.3) is 0 Å². The molecule has 0 radical (unpaired) electrons. The standard InChI is InChI=1S/C38H46N6O2.C2H4O2/c1-10-24-20(3)28-17-30-22(5)26(12-13-35(46)39-14-15-44(7,8)9)37(42-30)27-16-34(45)36-23(6)31(43-38(27)36)19-33-25(11-2)21(4)29(41-33)18-32(24)40-28;1-2(3)4/h10,17-19,22,26H,1,11-16H2,2-9H3,(H2-,39,40,41,42,43,45,46);1H3,(H,3,4)/t22-,26-;/m0./s1. The van der Waals surface area contributed by atoms with Crippen molar-refractivity contribution < 1.29 is 24.3 Å².